The van der Waals surface area contributed by atoms with Crippen LogP contribution in [0, 0.1) is 0 Å². The molecular weight excluding hydrogens is 316 g/mol. The van der Waals surface area contributed by atoms with Crippen molar-refractivity contribution < 1.29 is 9.53 Å². The molecular formula is C19H24N4O2. The molecule has 1 aromatic heterocycles. The van der Waals surface area contributed by atoms with Crippen LogP contribution in [0.2, 0.25) is 0 Å². The van der Waals surface area contributed by atoms with Gasteiger partial charge in [-0.1, -0.05) is 12.1 Å². The Kier molecular flexibility index (Phi) is 5.72. The maximum absolute atomic E-state index is 12.3. The third-order valence-corrected chi connectivity index (χ3v) is 4.44. The Bertz CT molecular complexity index is 668. The summed E-state index contributed by atoms with van der Waals surface area (Å²) in [6, 6.07) is 12.0. The third-order valence-electron chi connectivity index (χ3n) is 4.44. The van der Waals surface area contributed by atoms with E-state index >= 15 is 0 Å². The average Bonchev–Trinajstić information content (AvgIpc) is 2.69. The normalized spacial score (nSPS) is 14.3. The summed E-state index contributed by atoms with van der Waals surface area (Å²) in [5, 5.41) is 3.01. The van der Waals surface area contributed by atoms with Crippen LogP contribution in [0.25, 0.3) is 0 Å². The number of methoxy groups -OCH3 is 1. The van der Waals surface area contributed by atoms with Crippen LogP contribution in [0.1, 0.15) is 5.56 Å². The van der Waals surface area contributed by atoms with Gasteiger partial charge in [0.1, 0.15) is 5.75 Å². The summed E-state index contributed by atoms with van der Waals surface area (Å²) >= 11 is 0. The molecule has 1 fully saturated rings. The van der Waals surface area contributed by atoms with Gasteiger partial charge in [0.05, 0.1) is 7.11 Å². The molecule has 6 nitrogen and oxygen atoms in total. The Morgan fingerprint density at radius 3 is 2.40 bits per heavy atom. The molecule has 3 rings (SSSR count). The molecule has 1 aliphatic heterocycles. The van der Waals surface area contributed by atoms with Crippen molar-refractivity contribution in [1.82, 2.24) is 15.2 Å². The van der Waals surface area contributed by atoms with E-state index in [0.29, 0.717) is 6.54 Å². The van der Waals surface area contributed by atoms with Crippen LogP contribution >= 0.6 is 0 Å². The van der Waals surface area contributed by atoms with Gasteiger partial charge in [0.2, 0.25) is 0 Å². The maximum Gasteiger partial charge on any atom is 0.317 e. The van der Waals surface area contributed by atoms with Gasteiger partial charge >= 0.3 is 6.03 Å². The third kappa shape index (κ3) is 4.62. The predicted molar refractivity (Wildman–Crippen MR) is 98.1 cm³/mol. The molecule has 0 radical (unpaired) electrons. The van der Waals surface area contributed by atoms with Gasteiger partial charge in [0.25, 0.3) is 0 Å². The molecule has 2 amide bonds. The van der Waals surface area contributed by atoms with E-state index in [9.17, 15) is 4.79 Å². The van der Waals surface area contributed by atoms with Gasteiger partial charge < -0.3 is 19.9 Å². The highest BCUT2D eigenvalue weighted by Gasteiger charge is 2.20. The molecule has 2 aromatic rings. The van der Waals surface area contributed by atoms with Crippen LogP contribution in [-0.2, 0) is 6.42 Å². The van der Waals surface area contributed by atoms with E-state index in [1.807, 2.05) is 41.3 Å². The standard InChI is InChI=1S/C19H24N4O2/c1-25-18-4-2-16(3-5-18)6-11-21-19(24)23-14-12-22(13-15-23)17-7-9-20-10-8-17/h2-5,7-10H,6,11-15H2,1H3,(H,21,24). The van der Waals surface area contributed by atoms with Crippen LogP contribution in [0.15, 0.2) is 48.8 Å². The van der Waals surface area contributed by atoms with Crippen LogP contribution in [0.5, 0.6) is 5.75 Å². The van der Waals surface area contributed by atoms with Gasteiger partial charge in [-0.25, -0.2) is 4.79 Å². The molecule has 0 bridgehead atoms. The van der Waals surface area contributed by atoms with Crippen molar-refractivity contribution >= 4 is 11.7 Å². The highest BCUT2D eigenvalue weighted by atomic mass is 16.5. The largest absolute Gasteiger partial charge is 0.497 e. The van der Waals surface area contributed by atoms with E-state index in [0.717, 1.165) is 44.0 Å². The highest BCUT2D eigenvalue weighted by Crippen LogP contribution is 2.15. The predicted octanol–water partition coefficient (Wildman–Crippen LogP) is 2.16. The van der Waals surface area contributed by atoms with E-state index < -0.39 is 0 Å². The van der Waals surface area contributed by atoms with Gasteiger partial charge in [0.15, 0.2) is 0 Å². The Morgan fingerprint density at radius 1 is 1.08 bits per heavy atom. The summed E-state index contributed by atoms with van der Waals surface area (Å²) in [5.41, 5.74) is 2.35. The number of hydrogen-bond donors (Lipinski definition) is 1. The van der Waals surface area contributed by atoms with Crippen LogP contribution in [0.4, 0.5) is 10.5 Å². The summed E-state index contributed by atoms with van der Waals surface area (Å²) in [5.74, 6) is 0.847. The van der Waals surface area contributed by atoms with Crippen LogP contribution in [0.3, 0.4) is 0 Å². The number of ether oxygens (including phenoxy) is 1. The number of anilines is 1. The lowest BCUT2D eigenvalue weighted by Crippen LogP contribution is -2.52. The fraction of sp³-hybridized carbons (Fsp3) is 0.368. The molecule has 1 aliphatic rings. The highest BCUT2D eigenvalue weighted by molar-refractivity contribution is 5.74. The SMILES string of the molecule is COc1ccc(CCNC(=O)N2CCN(c3ccncc3)CC2)cc1. The molecule has 1 N–H and O–H groups in total. The second-order valence-electron chi connectivity index (χ2n) is 6.01. The smallest absolute Gasteiger partial charge is 0.317 e. The number of piperazine rings is 1. The second kappa shape index (κ2) is 8.37. The second-order valence-corrected chi connectivity index (χ2v) is 6.01. The molecule has 0 saturated carbocycles. The van der Waals surface area contributed by atoms with E-state index in [1.54, 1.807) is 19.5 Å². The molecule has 0 unspecified atom stereocenters. The van der Waals surface area contributed by atoms with Gasteiger partial charge in [-0.05, 0) is 36.2 Å². The Balaban J connectivity index is 1.40. The number of benzene rings is 1. The molecule has 1 aromatic carbocycles. The number of carbonyl (C=O) groups is 1. The van der Waals surface area contributed by atoms with Gasteiger partial charge in [-0.2, -0.15) is 0 Å². The van der Waals surface area contributed by atoms with Gasteiger partial charge in [-0.3, -0.25) is 4.98 Å². The summed E-state index contributed by atoms with van der Waals surface area (Å²) in [6.07, 6.45) is 4.41. The number of rotatable bonds is 5. The zero-order chi connectivity index (χ0) is 17.5. The number of urea groups is 1. The Hall–Kier alpha value is -2.76. The molecule has 0 atom stereocenters. The number of hydrogen-bond acceptors (Lipinski definition) is 4. The first-order valence-electron chi connectivity index (χ1n) is 8.57. The summed E-state index contributed by atoms with van der Waals surface area (Å²) < 4.78 is 5.15. The number of nitrogens with zero attached hydrogens (tertiary/aromatic N) is 3. The van der Waals surface area contributed by atoms with E-state index in [-0.39, 0.29) is 6.03 Å². The fourth-order valence-electron chi connectivity index (χ4n) is 2.94. The minimum Gasteiger partial charge on any atom is -0.497 e. The maximum atomic E-state index is 12.3. The number of nitrogens with one attached hydrogen (secondary N) is 1. The van der Waals surface area contributed by atoms with Crippen molar-refractivity contribution in [3.8, 4) is 5.75 Å². The molecule has 25 heavy (non-hydrogen) atoms. The summed E-state index contributed by atoms with van der Waals surface area (Å²) in [4.78, 5) is 20.5. The first-order valence-corrected chi connectivity index (χ1v) is 8.57. The first-order chi connectivity index (χ1) is 12.3. The van der Waals surface area contributed by atoms with Crippen LogP contribution in [-0.4, -0.2) is 55.7 Å². The minimum absolute atomic E-state index is 0.0166. The number of aromatic nitrogens is 1. The van der Waals surface area contributed by atoms with E-state index in [2.05, 4.69) is 15.2 Å². The van der Waals surface area contributed by atoms with Crippen molar-refractivity contribution in [3.05, 3.63) is 54.4 Å². The first kappa shape index (κ1) is 17.1. The number of carbonyl (C=O) groups excluding carboxylic acids is 1. The lowest BCUT2D eigenvalue weighted by atomic mass is 10.1. The van der Waals surface area contributed by atoms with Crippen LogP contribution < -0.4 is 15.0 Å². The zero-order valence-corrected chi connectivity index (χ0v) is 14.5. The molecule has 0 aliphatic carbocycles. The van der Waals surface area contributed by atoms with Gasteiger partial charge in [-0.15, -0.1) is 0 Å². The molecule has 2 heterocycles. The molecule has 0 spiro atoms. The Labute approximate surface area is 148 Å². The minimum atomic E-state index is 0.0166. The fourth-order valence-corrected chi connectivity index (χ4v) is 2.94. The van der Waals surface area contributed by atoms with Crippen molar-refractivity contribution in [1.29, 1.82) is 0 Å². The van der Waals surface area contributed by atoms with Crippen molar-refractivity contribution in [2.24, 2.45) is 0 Å². The summed E-state index contributed by atoms with van der Waals surface area (Å²) in [6.45, 7) is 3.79. The van der Waals surface area contributed by atoms with E-state index in [4.69, 9.17) is 4.74 Å². The number of pyridine rings is 1. The molecule has 1 saturated heterocycles. The van der Waals surface area contributed by atoms with Gasteiger partial charge in [0, 0.05) is 50.8 Å². The Morgan fingerprint density at radius 2 is 1.76 bits per heavy atom. The van der Waals surface area contributed by atoms with Crippen molar-refractivity contribution in [2.45, 2.75) is 6.42 Å². The topological polar surface area (TPSA) is 57.7 Å². The lowest BCUT2D eigenvalue weighted by Gasteiger charge is -2.36. The van der Waals surface area contributed by atoms with Crippen molar-refractivity contribution in [2.75, 3.05) is 44.7 Å². The van der Waals surface area contributed by atoms with Crippen molar-refractivity contribution in [3.63, 3.8) is 0 Å². The summed E-state index contributed by atoms with van der Waals surface area (Å²) in [7, 11) is 1.66. The van der Waals surface area contributed by atoms with E-state index in [1.165, 1.54) is 5.56 Å². The molecule has 6 heteroatoms. The number of amides is 2. The quantitative estimate of drug-likeness (QED) is 0.906. The molecule has 132 valence electrons. The lowest BCUT2D eigenvalue weighted by molar-refractivity contribution is 0.194. The monoisotopic (exact) mass is 340 g/mol. The zero-order valence-electron chi connectivity index (χ0n) is 14.5. The average molecular weight is 340 g/mol.